The van der Waals surface area contributed by atoms with Crippen molar-refractivity contribution in [3.8, 4) is 0 Å². The van der Waals surface area contributed by atoms with Crippen molar-refractivity contribution in [2.45, 2.75) is 45.4 Å². The Labute approximate surface area is 88.6 Å². The van der Waals surface area contributed by atoms with Crippen LogP contribution in [0.15, 0.2) is 0 Å². The molecule has 3 N–H and O–H groups in total. The molecule has 0 amide bonds. The molecular formula is C12H26N2. The summed E-state index contributed by atoms with van der Waals surface area (Å²) in [6.07, 6.45) is 8.16. The SMILES string of the molecule is CC1CCCC(CNCCCCN)C1. The van der Waals surface area contributed by atoms with Gasteiger partial charge in [0.15, 0.2) is 0 Å². The number of hydrogen-bond acceptors (Lipinski definition) is 2. The molecule has 0 aliphatic heterocycles. The quantitative estimate of drug-likeness (QED) is 0.642. The van der Waals surface area contributed by atoms with Crippen LogP contribution < -0.4 is 11.1 Å². The van der Waals surface area contributed by atoms with Crippen molar-refractivity contribution in [1.29, 1.82) is 0 Å². The Balaban J connectivity index is 1.95. The summed E-state index contributed by atoms with van der Waals surface area (Å²) in [5.74, 6) is 1.90. The van der Waals surface area contributed by atoms with E-state index in [1.54, 1.807) is 0 Å². The minimum absolute atomic E-state index is 0.835. The molecular weight excluding hydrogens is 172 g/mol. The summed E-state index contributed by atoms with van der Waals surface area (Å²) in [5, 5.41) is 3.55. The van der Waals surface area contributed by atoms with E-state index in [0.717, 1.165) is 31.3 Å². The van der Waals surface area contributed by atoms with Gasteiger partial charge in [0.1, 0.15) is 0 Å². The van der Waals surface area contributed by atoms with Gasteiger partial charge in [-0.25, -0.2) is 0 Å². The molecule has 2 atom stereocenters. The molecule has 0 heterocycles. The summed E-state index contributed by atoms with van der Waals surface area (Å²) in [5.41, 5.74) is 5.44. The summed E-state index contributed by atoms with van der Waals surface area (Å²) in [6.45, 7) is 5.61. The summed E-state index contributed by atoms with van der Waals surface area (Å²) in [4.78, 5) is 0. The van der Waals surface area contributed by atoms with Crippen molar-refractivity contribution in [2.75, 3.05) is 19.6 Å². The molecule has 0 aromatic rings. The summed E-state index contributed by atoms with van der Waals surface area (Å²) >= 11 is 0. The van der Waals surface area contributed by atoms with Crippen LogP contribution in [0.3, 0.4) is 0 Å². The van der Waals surface area contributed by atoms with Crippen molar-refractivity contribution in [2.24, 2.45) is 17.6 Å². The van der Waals surface area contributed by atoms with Crippen molar-refractivity contribution in [3.63, 3.8) is 0 Å². The Morgan fingerprint density at radius 3 is 2.86 bits per heavy atom. The lowest BCUT2D eigenvalue weighted by atomic mass is 9.82. The Morgan fingerprint density at radius 1 is 1.29 bits per heavy atom. The first kappa shape index (κ1) is 12.0. The lowest BCUT2D eigenvalue weighted by Crippen LogP contribution is -2.27. The van der Waals surface area contributed by atoms with E-state index in [4.69, 9.17) is 5.73 Å². The summed E-state index contributed by atoms with van der Waals surface area (Å²) in [7, 11) is 0. The van der Waals surface area contributed by atoms with E-state index < -0.39 is 0 Å². The highest BCUT2D eigenvalue weighted by molar-refractivity contribution is 4.72. The molecule has 2 unspecified atom stereocenters. The minimum Gasteiger partial charge on any atom is -0.330 e. The van der Waals surface area contributed by atoms with Gasteiger partial charge in [-0.15, -0.1) is 0 Å². The molecule has 84 valence electrons. The van der Waals surface area contributed by atoms with E-state index in [0.29, 0.717) is 0 Å². The fourth-order valence-electron chi connectivity index (χ4n) is 2.45. The zero-order chi connectivity index (χ0) is 10.2. The predicted octanol–water partition coefficient (Wildman–Crippen LogP) is 2.14. The van der Waals surface area contributed by atoms with Gasteiger partial charge in [0.05, 0.1) is 0 Å². The molecule has 0 spiro atoms. The van der Waals surface area contributed by atoms with E-state index in [2.05, 4.69) is 12.2 Å². The standard InChI is InChI=1S/C12H26N2/c1-11-5-4-6-12(9-11)10-14-8-3-2-7-13/h11-12,14H,2-10,13H2,1H3. The first-order chi connectivity index (χ1) is 6.83. The fourth-order valence-corrected chi connectivity index (χ4v) is 2.45. The first-order valence-electron chi connectivity index (χ1n) is 6.23. The molecule has 2 nitrogen and oxygen atoms in total. The van der Waals surface area contributed by atoms with Crippen molar-refractivity contribution in [3.05, 3.63) is 0 Å². The van der Waals surface area contributed by atoms with Gasteiger partial charge in [0.2, 0.25) is 0 Å². The maximum Gasteiger partial charge on any atom is -0.00204 e. The van der Waals surface area contributed by atoms with Crippen LogP contribution in [0.4, 0.5) is 0 Å². The number of rotatable bonds is 6. The van der Waals surface area contributed by atoms with Gasteiger partial charge >= 0.3 is 0 Å². The Hall–Kier alpha value is -0.0800. The van der Waals surface area contributed by atoms with E-state index in [-0.39, 0.29) is 0 Å². The van der Waals surface area contributed by atoms with Crippen LogP contribution in [0.5, 0.6) is 0 Å². The third kappa shape index (κ3) is 4.97. The van der Waals surface area contributed by atoms with Crippen LogP contribution in [-0.2, 0) is 0 Å². The highest BCUT2D eigenvalue weighted by Crippen LogP contribution is 2.27. The molecule has 0 radical (unpaired) electrons. The molecule has 1 aliphatic rings. The lowest BCUT2D eigenvalue weighted by Gasteiger charge is -2.26. The average Bonchev–Trinajstić information content (AvgIpc) is 2.18. The van der Waals surface area contributed by atoms with Gasteiger partial charge in [-0.1, -0.05) is 19.8 Å². The van der Waals surface area contributed by atoms with Crippen LogP contribution in [0, 0.1) is 11.8 Å². The fraction of sp³-hybridized carbons (Fsp3) is 1.00. The highest BCUT2D eigenvalue weighted by atomic mass is 14.9. The molecule has 1 rings (SSSR count). The number of nitrogens with two attached hydrogens (primary N) is 1. The highest BCUT2D eigenvalue weighted by Gasteiger charge is 2.17. The smallest absolute Gasteiger partial charge is 0.00204 e. The lowest BCUT2D eigenvalue weighted by molar-refractivity contribution is 0.274. The molecule has 0 aromatic heterocycles. The van der Waals surface area contributed by atoms with Gasteiger partial charge in [-0.3, -0.25) is 0 Å². The number of nitrogens with one attached hydrogen (secondary N) is 1. The normalized spacial score (nSPS) is 27.9. The number of hydrogen-bond donors (Lipinski definition) is 2. The molecule has 14 heavy (non-hydrogen) atoms. The molecule has 0 bridgehead atoms. The Morgan fingerprint density at radius 2 is 2.14 bits per heavy atom. The van der Waals surface area contributed by atoms with Gasteiger partial charge in [-0.05, 0) is 57.2 Å². The van der Waals surface area contributed by atoms with Gasteiger partial charge in [-0.2, -0.15) is 0 Å². The number of unbranched alkanes of at least 4 members (excludes halogenated alkanes) is 1. The largest absolute Gasteiger partial charge is 0.330 e. The van der Waals surface area contributed by atoms with Gasteiger partial charge in [0, 0.05) is 0 Å². The second kappa shape index (κ2) is 7.24. The molecule has 1 aliphatic carbocycles. The second-order valence-electron chi connectivity index (χ2n) is 4.84. The van der Waals surface area contributed by atoms with E-state index in [1.807, 2.05) is 0 Å². The maximum absolute atomic E-state index is 5.44. The van der Waals surface area contributed by atoms with Crippen LogP contribution >= 0.6 is 0 Å². The minimum atomic E-state index is 0.835. The maximum atomic E-state index is 5.44. The first-order valence-corrected chi connectivity index (χ1v) is 6.23. The molecule has 0 saturated heterocycles. The Kier molecular flexibility index (Phi) is 6.20. The van der Waals surface area contributed by atoms with E-state index in [1.165, 1.54) is 38.6 Å². The van der Waals surface area contributed by atoms with Gasteiger partial charge < -0.3 is 11.1 Å². The third-order valence-electron chi connectivity index (χ3n) is 3.29. The van der Waals surface area contributed by atoms with E-state index >= 15 is 0 Å². The van der Waals surface area contributed by atoms with Crippen LogP contribution in [-0.4, -0.2) is 19.6 Å². The van der Waals surface area contributed by atoms with Crippen molar-refractivity contribution >= 4 is 0 Å². The second-order valence-corrected chi connectivity index (χ2v) is 4.84. The molecule has 1 saturated carbocycles. The molecule has 1 fully saturated rings. The third-order valence-corrected chi connectivity index (χ3v) is 3.29. The zero-order valence-electron chi connectivity index (χ0n) is 9.60. The van der Waals surface area contributed by atoms with Crippen LogP contribution in [0.2, 0.25) is 0 Å². The van der Waals surface area contributed by atoms with Gasteiger partial charge in [0.25, 0.3) is 0 Å². The average molecular weight is 198 g/mol. The predicted molar refractivity (Wildman–Crippen MR) is 62.3 cm³/mol. The molecule has 2 heteroatoms. The summed E-state index contributed by atoms with van der Waals surface area (Å²) < 4.78 is 0. The van der Waals surface area contributed by atoms with E-state index in [9.17, 15) is 0 Å². The van der Waals surface area contributed by atoms with Crippen LogP contribution in [0.25, 0.3) is 0 Å². The van der Waals surface area contributed by atoms with Crippen LogP contribution in [0.1, 0.15) is 45.4 Å². The summed E-state index contributed by atoms with van der Waals surface area (Å²) in [6, 6.07) is 0. The zero-order valence-corrected chi connectivity index (χ0v) is 9.60. The topological polar surface area (TPSA) is 38.0 Å². The Bertz CT molecular complexity index is 136. The molecule has 0 aromatic carbocycles. The monoisotopic (exact) mass is 198 g/mol. The van der Waals surface area contributed by atoms with Crippen molar-refractivity contribution < 1.29 is 0 Å². The van der Waals surface area contributed by atoms with Crippen molar-refractivity contribution in [1.82, 2.24) is 5.32 Å².